The van der Waals surface area contributed by atoms with Crippen LogP contribution in [0.3, 0.4) is 0 Å². The molecule has 0 aliphatic carbocycles. The molecule has 5 rings (SSSR count). The average Bonchev–Trinajstić information content (AvgIpc) is 3.23. The van der Waals surface area contributed by atoms with Crippen LogP contribution in [0, 0.1) is 0 Å². The summed E-state index contributed by atoms with van der Waals surface area (Å²) in [6.45, 7) is 0.388. The van der Waals surface area contributed by atoms with E-state index < -0.39 is 6.09 Å². The van der Waals surface area contributed by atoms with E-state index in [0.29, 0.717) is 59.1 Å². The fourth-order valence-electron chi connectivity index (χ4n) is 4.05. The molecule has 0 spiro atoms. The number of fused-ring (bicyclic) bond motifs is 2. The Kier molecular flexibility index (Phi) is 6.41. The SMILES string of the molecule is COc1ccc2nccc(NC(=O)CCC[C@H]3CN(c4ccc5c(c4)NC(=O)CS5)C(=O)O3)c2n1. The highest BCUT2D eigenvalue weighted by Crippen LogP contribution is 2.35. The van der Waals surface area contributed by atoms with Crippen LogP contribution < -0.4 is 20.3 Å². The minimum Gasteiger partial charge on any atom is -0.481 e. The highest BCUT2D eigenvalue weighted by Gasteiger charge is 2.32. The molecule has 10 nitrogen and oxygen atoms in total. The van der Waals surface area contributed by atoms with Crippen LogP contribution in [0.4, 0.5) is 21.9 Å². The van der Waals surface area contributed by atoms with Crippen molar-refractivity contribution in [2.24, 2.45) is 0 Å². The third kappa shape index (κ3) is 4.99. The molecule has 4 heterocycles. The maximum Gasteiger partial charge on any atom is 0.414 e. The first-order valence-electron chi connectivity index (χ1n) is 11.1. The number of hydrogen-bond acceptors (Lipinski definition) is 8. The number of rotatable bonds is 7. The first-order valence-corrected chi connectivity index (χ1v) is 12.1. The molecule has 180 valence electrons. The monoisotopic (exact) mass is 493 g/mol. The molecule has 3 amide bonds. The first kappa shape index (κ1) is 22.9. The van der Waals surface area contributed by atoms with Crippen LogP contribution in [0.5, 0.6) is 5.88 Å². The van der Waals surface area contributed by atoms with Crippen molar-refractivity contribution in [2.75, 3.05) is 34.9 Å². The fourth-order valence-corrected chi connectivity index (χ4v) is 4.84. The Balaban J connectivity index is 1.15. The number of benzene rings is 1. The Hall–Kier alpha value is -3.86. The van der Waals surface area contributed by atoms with Crippen LogP contribution in [0.15, 0.2) is 47.5 Å². The van der Waals surface area contributed by atoms with Gasteiger partial charge in [0.15, 0.2) is 0 Å². The zero-order valence-corrected chi connectivity index (χ0v) is 19.8. The van der Waals surface area contributed by atoms with E-state index in [4.69, 9.17) is 9.47 Å². The van der Waals surface area contributed by atoms with E-state index in [0.717, 1.165) is 4.90 Å². The van der Waals surface area contributed by atoms with Gasteiger partial charge >= 0.3 is 6.09 Å². The van der Waals surface area contributed by atoms with Crippen molar-refractivity contribution >= 4 is 57.8 Å². The standard InChI is InChI=1S/C24H23N5O5S/c1-33-22-8-6-16-23(28-22)17(9-10-25-16)26-20(30)4-2-3-15-12-29(24(32)34-15)14-5-7-19-18(11-14)27-21(31)13-35-19/h5-11,15H,2-4,12-13H2,1H3,(H,27,31)(H,25,26,30)/t15-/m0/s1. The number of carbonyl (C=O) groups excluding carboxylic acids is 3. The van der Waals surface area contributed by atoms with Gasteiger partial charge in [0.25, 0.3) is 0 Å². The van der Waals surface area contributed by atoms with Gasteiger partial charge in [-0.2, -0.15) is 0 Å². The van der Waals surface area contributed by atoms with E-state index in [-0.39, 0.29) is 24.3 Å². The number of pyridine rings is 2. The molecule has 1 saturated heterocycles. The predicted molar refractivity (Wildman–Crippen MR) is 132 cm³/mol. The molecule has 2 N–H and O–H groups in total. The van der Waals surface area contributed by atoms with Gasteiger partial charge in [0.1, 0.15) is 11.6 Å². The Bertz CT molecular complexity index is 1320. The molecule has 0 bridgehead atoms. The number of cyclic esters (lactones) is 1. The lowest BCUT2D eigenvalue weighted by Crippen LogP contribution is -2.25. The van der Waals surface area contributed by atoms with Crippen LogP contribution in [-0.2, 0) is 14.3 Å². The molecule has 0 radical (unpaired) electrons. The van der Waals surface area contributed by atoms with Gasteiger partial charge in [-0.25, -0.2) is 9.78 Å². The summed E-state index contributed by atoms with van der Waals surface area (Å²) in [5.74, 6) is 0.602. The van der Waals surface area contributed by atoms with Crippen LogP contribution in [0.2, 0.25) is 0 Å². The van der Waals surface area contributed by atoms with E-state index in [1.807, 2.05) is 12.1 Å². The van der Waals surface area contributed by atoms with Gasteiger partial charge in [0.05, 0.1) is 36.3 Å². The predicted octanol–water partition coefficient (Wildman–Crippen LogP) is 3.82. The maximum absolute atomic E-state index is 12.6. The number of carbonyl (C=O) groups is 3. The largest absolute Gasteiger partial charge is 0.481 e. The van der Waals surface area contributed by atoms with Crippen molar-refractivity contribution in [1.82, 2.24) is 9.97 Å². The van der Waals surface area contributed by atoms with Crippen LogP contribution >= 0.6 is 11.8 Å². The van der Waals surface area contributed by atoms with Gasteiger partial charge in [-0.1, -0.05) is 0 Å². The van der Waals surface area contributed by atoms with Crippen molar-refractivity contribution in [2.45, 2.75) is 30.3 Å². The molecule has 3 aromatic rings. The van der Waals surface area contributed by atoms with Crippen molar-refractivity contribution < 1.29 is 23.9 Å². The van der Waals surface area contributed by atoms with Gasteiger partial charge in [0, 0.05) is 29.3 Å². The second-order valence-corrected chi connectivity index (χ2v) is 9.17. The molecule has 2 aliphatic heterocycles. The summed E-state index contributed by atoms with van der Waals surface area (Å²) in [6, 6.07) is 10.7. The molecule has 2 aromatic heterocycles. The zero-order chi connectivity index (χ0) is 24.4. The number of thioether (sulfide) groups is 1. The number of nitrogens with one attached hydrogen (secondary N) is 2. The number of nitrogens with zero attached hydrogens (tertiary/aromatic N) is 3. The number of aromatic nitrogens is 2. The van der Waals surface area contributed by atoms with Crippen molar-refractivity contribution in [3.63, 3.8) is 0 Å². The molecule has 0 unspecified atom stereocenters. The smallest absolute Gasteiger partial charge is 0.414 e. The van der Waals surface area contributed by atoms with E-state index in [2.05, 4.69) is 20.6 Å². The molecule has 35 heavy (non-hydrogen) atoms. The van der Waals surface area contributed by atoms with Gasteiger partial charge < -0.3 is 20.1 Å². The molecular weight excluding hydrogens is 470 g/mol. The van der Waals surface area contributed by atoms with Gasteiger partial charge in [0.2, 0.25) is 17.7 Å². The topological polar surface area (TPSA) is 123 Å². The lowest BCUT2D eigenvalue weighted by Gasteiger charge is -2.19. The number of methoxy groups -OCH3 is 1. The summed E-state index contributed by atoms with van der Waals surface area (Å²) < 4.78 is 10.7. The van der Waals surface area contributed by atoms with E-state index in [9.17, 15) is 14.4 Å². The van der Waals surface area contributed by atoms with Gasteiger partial charge in [-0.15, -0.1) is 11.8 Å². The molecule has 1 aromatic carbocycles. The third-order valence-corrected chi connectivity index (χ3v) is 6.83. The Morgan fingerprint density at radius 3 is 3.03 bits per heavy atom. The molecule has 11 heteroatoms. The quantitative estimate of drug-likeness (QED) is 0.509. The second-order valence-electron chi connectivity index (χ2n) is 8.15. The Morgan fingerprint density at radius 1 is 1.29 bits per heavy atom. The van der Waals surface area contributed by atoms with Crippen molar-refractivity contribution in [1.29, 1.82) is 0 Å². The van der Waals surface area contributed by atoms with E-state index in [1.54, 1.807) is 35.4 Å². The molecule has 2 aliphatic rings. The van der Waals surface area contributed by atoms with Gasteiger partial charge in [-0.3, -0.25) is 19.5 Å². The van der Waals surface area contributed by atoms with Crippen molar-refractivity contribution in [3.05, 3.63) is 42.6 Å². The van der Waals surface area contributed by atoms with Gasteiger partial charge in [-0.05, 0) is 43.2 Å². The Labute approximate surface area is 205 Å². The normalized spacial score (nSPS) is 17.1. The zero-order valence-electron chi connectivity index (χ0n) is 18.9. The van der Waals surface area contributed by atoms with E-state index >= 15 is 0 Å². The highest BCUT2D eigenvalue weighted by atomic mass is 32.2. The minimum atomic E-state index is -0.433. The fraction of sp³-hybridized carbons (Fsp3) is 0.292. The van der Waals surface area contributed by atoms with Crippen LogP contribution in [-0.4, -0.2) is 53.4 Å². The first-order chi connectivity index (χ1) is 17.0. The molecule has 1 fully saturated rings. The lowest BCUT2D eigenvalue weighted by atomic mass is 10.1. The average molecular weight is 494 g/mol. The minimum absolute atomic E-state index is 0.0607. The number of anilines is 3. The summed E-state index contributed by atoms with van der Waals surface area (Å²) in [5.41, 5.74) is 3.15. The van der Waals surface area contributed by atoms with Crippen LogP contribution in [0.1, 0.15) is 19.3 Å². The summed E-state index contributed by atoms with van der Waals surface area (Å²) in [4.78, 5) is 47.8. The second kappa shape index (κ2) is 9.79. The summed E-state index contributed by atoms with van der Waals surface area (Å²) in [6.07, 6.45) is 2.23. The number of ether oxygens (including phenoxy) is 2. The third-order valence-electron chi connectivity index (χ3n) is 5.75. The number of hydrogen-bond donors (Lipinski definition) is 2. The number of amides is 3. The Morgan fingerprint density at radius 2 is 2.17 bits per heavy atom. The maximum atomic E-state index is 12.6. The highest BCUT2D eigenvalue weighted by molar-refractivity contribution is 8.00. The van der Waals surface area contributed by atoms with Crippen LogP contribution in [0.25, 0.3) is 11.0 Å². The molecular formula is C24H23N5O5S. The summed E-state index contributed by atoms with van der Waals surface area (Å²) >= 11 is 1.47. The molecule has 0 saturated carbocycles. The lowest BCUT2D eigenvalue weighted by molar-refractivity contribution is -0.116. The molecule has 1 atom stereocenters. The van der Waals surface area contributed by atoms with Crippen molar-refractivity contribution in [3.8, 4) is 5.88 Å². The summed E-state index contributed by atoms with van der Waals surface area (Å²) in [7, 11) is 1.53. The summed E-state index contributed by atoms with van der Waals surface area (Å²) in [5, 5.41) is 5.72. The van der Waals surface area contributed by atoms with E-state index in [1.165, 1.54) is 18.9 Å².